The zero-order valence-electron chi connectivity index (χ0n) is 14.8. The molecule has 0 atom stereocenters. The molecule has 1 heterocycles. The van der Waals surface area contributed by atoms with E-state index in [1.165, 1.54) is 0 Å². The van der Waals surface area contributed by atoms with Gasteiger partial charge < -0.3 is 15.5 Å². The third-order valence-corrected chi connectivity index (χ3v) is 4.23. The number of para-hydroxylation sites is 1. The van der Waals surface area contributed by atoms with Crippen LogP contribution in [0, 0.1) is 11.6 Å². The highest BCUT2D eigenvalue weighted by Gasteiger charge is 2.26. The molecule has 2 aromatic carbocycles. The van der Waals surface area contributed by atoms with Crippen molar-refractivity contribution in [2.24, 2.45) is 4.99 Å². The van der Waals surface area contributed by atoms with Crippen LogP contribution in [-0.2, 0) is 17.8 Å². The molecule has 0 aromatic heterocycles. The summed E-state index contributed by atoms with van der Waals surface area (Å²) < 4.78 is 26.9. The first kappa shape index (κ1) is 21.1. The number of aliphatic imine (C=N–C) groups is 1. The Morgan fingerprint density at radius 1 is 1.19 bits per heavy atom. The van der Waals surface area contributed by atoms with E-state index in [9.17, 15) is 13.6 Å². The van der Waals surface area contributed by atoms with Gasteiger partial charge in [-0.25, -0.2) is 8.78 Å². The highest BCUT2D eigenvalue weighted by molar-refractivity contribution is 14.0. The van der Waals surface area contributed by atoms with E-state index in [0.29, 0.717) is 25.5 Å². The third-order valence-electron chi connectivity index (χ3n) is 4.23. The molecule has 0 fully saturated rings. The SMILES string of the molecule is CN=C(NCCN1C(=O)Cc2ccccc21)NCc1cc(F)ccc1F.I. The van der Waals surface area contributed by atoms with Crippen molar-refractivity contribution >= 4 is 41.5 Å². The van der Waals surface area contributed by atoms with E-state index >= 15 is 0 Å². The van der Waals surface area contributed by atoms with Crippen LogP contribution < -0.4 is 15.5 Å². The van der Waals surface area contributed by atoms with E-state index in [-0.39, 0.29) is 42.0 Å². The summed E-state index contributed by atoms with van der Waals surface area (Å²) in [5, 5.41) is 6.02. The molecule has 1 aliphatic rings. The van der Waals surface area contributed by atoms with Gasteiger partial charge >= 0.3 is 0 Å². The first-order valence-electron chi connectivity index (χ1n) is 8.35. The molecule has 5 nitrogen and oxygen atoms in total. The first-order chi connectivity index (χ1) is 12.6. The number of carbonyl (C=O) groups is 1. The number of hydrogen-bond donors (Lipinski definition) is 2. The summed E-state index contributed by atoms with van der Waals surface area (Å²) in [5.41, 5.74) is 2.18. The predicted octanol–water partition coefficient (Wildman–Crippen LogP) is 2.84. The zero-order valence-corrected chi connectivity index (χ0v) is 17.2. The van der Waals surface area contributed by atoms with Crippen LogP contribution in [0.25, 0.3) is 0 Å². The molecule has 0 unspecified atom stereocenters. The topological polar surface area (TPSA) is 56.7 Å². The van der Waals surface area contributed by atoms with Gasteiger partial charge in [-0.3, -0.25) is 9.79 Å². The van der Waals surface area contributed by atoms with Gasteiger partial charge in [0.2, 0.25) is 5.91 Å². The van der Waals surface area contributed by atoms with E-state index in [1.54, 1.807) is 11.9 Å². The fourth-order valence-electron chi connectivity index (χ4n) is 2.93. The highest BCUT2D eigenvalue weighted by Crippen LogP contribution is 2.27. The van der Waals surface area contributed by atoms with E-state index in [0.717, 1.165) is 29.4 Å². The number of guanidine groups is 1. The maximum absolute atomic E-state index is 13.7. The van der Waals surface area contributed by atoms with Crippen LogP contribution in [0.5, 0.6) is 0 Å². The summed E-state index contributed by atoms with van der Waals surface area (Å²) in [7, 11) is 1.59. The Hall–Kier alpha value is -2.23. The molecule has 27 heavy (non-hydrogen) atoms. The standard InChI is InChI=1S/C19H20F2N4O.HI/c1-22-19(24-12-14-10-15(20)6-7-16(14)21)23-8-9-25-17-5-3-2-4-13(17)11-18(25)26;/h2-7,10H,8-9,11-12H2,1H3,(H2,22,23,24);1H. The second-order valence-electron chi connectivity index (χ2n) is 5.94. The minimum atomic E-state index is -0.489. The maximum Gasteiger partial charge on any atom is 0.231 e. The van der Waals surface area contributed by atoms with E-state index in [4.69, 9.17) is 0 Å². The number of hydrogen-bond acceptors (Lipinski definition) is 2. The summed E-state index contributed by atoms with van der Waals surface area (Å²) in [6.07, 6.45) is 0.419. The molecule has 0 radical (unpaired) electrons. The monoisotopic (exact) mass is 486 g/mol. The molecule has 2 N–H and O–H groups in total. The van der Waals surface area contributed by atoms with Gasteiger partial charge in [0.25, 0.3) is 0 Å². The Labute approximate surface area is 173 Å². The lowest BCUT2D eigenvalue weighted by Gasteiger charge is -2.19. The molecule has 8 heteroatoms. The van der Waals surface area contributed by atoms with Gasteiger partial charge in [-0.05, 0) is 29.8 Å². The molecular formula is C19H21F2IN4O. The number of halogens is 3. The Morgan fingerprint density at radius 3 is 2.74 bits per heavy atom. The molecule has 2 aromatic rings. The smallest absolute Gasteiger partial charge is 0.231 e. The molecule has 1 amide bonds. The van der Waals surface area contributed by atoms with Gasteiger partial charge in [0.05, 0.1) is 6.42 Å². The largest absolute Gasteiger partial charge is 0.355 e. The Bertz CT molecular complexity index is 844. The zero-order chi connectivity index (χ0) is 18.5. The lowest BCUT2D eigenvalue weighted by Crippen LogP contribution is -2.42. The number of anilines is 1. The fourth-order valence-corrected chi connectivity index (χ4v) is 2.93. The van der Waals surface area contributed by atoms with Crippen LogP contribution in [0.3, 0.4) is 0 Å². The fraction of sp³-hybridized carbons (Fsp3) is 0.263. The summed E-state index contributed by atoms with van der Waals surface area (Å²) >= 11 is 0. The number of nitrogens with zero attached hydrogens (tertiary/aromatic N) is 2. The van der Waals surface area contributed by atoms with Gasteiger partial charge in [0.15, 0.2) is 5.96 Å². The molecule has 0 bridgehead atoms. The molecule has 144 valence electrons. The Morgan fingerprint density at radius 2 is 1.96 bits per heavy atom. The molecule has 0 spiro atoms. The maximum atomic E-state index is 13.7. The van der Waals surface area contributed by atoms with Crippen LogP contribution in [0.1, 0.15) is 11.1 Å². The summed E-state index contributed by atoms with van der Waals surface area (Å²) in [6, 6.07) is 11.0. The van der Waals surface area contributed by atoms with Crippen LogP contribution in [-0.4, -0.2) is 32.0 Å². The summed E-state index contributed by atoms with van der Waals surface area (Å²) in [4.78, 5) is 17.9. The quantitative estimate of drug-likeness (QED) is 0.389. The molecule has 0 aliphatic carbocycles. The van der Waals surface area contributed by atoms with Crippen LogP contribution in [0.15, 0.2) is 47.5 Å². The Kier molecular flexibility index (Phi) is 7.52. The molecular weight excluding hydrogens is 465 g/mol. The van der Waals surface area contributed by atoms with E-state index < -0.39 is 11.6 Å². The van der Waals surface area contributed by atoms with Crippen molar-refractivity contribution in [1.82, 2.24) is 10.6 Å². The number of nitrogens with one attached hydrogen (secondary N) is 2. The minimum Gasteiger partial charge on any atom is -0.355 e. The minimum absolute atomic E-state index is 0. The molecule has 3 rings (SSSR count). The number of carbonyl (C=O) groups excluding carboxylic acids is 1. The second kappa shape index (κ2) is 9.63. The van der Waals surface area contributed by atoms with Crippen molar-refractivity contribution in [3.8, 4) is 0 Å². The highest BCUT2D eigenvalue weighted by atomic mass is 127. The van der Waals surface area contributed by atoms with Crippen molar-refractivity contribution in [2.75, 3.05) is 25.0 Å². The molecule has 0 saturated heterocycles. The average molecular weight is 486 g/mol. The van der Waals surface area contributed by atoms with Gasteiger partial charge in [0.1, 0.15) is 11.6 Å². The number of benzene rings is 2. The number of fused-ring (bicyclic) bond motifs is 1. The number of rotatable bonds is 5. The predicted molar refractivity (Wildman–Crippen MR) is 112 cm³/mol. The lowest BCUT2D eigenvalue weighted by molar-refractivity contribution is -0.117. The van der Waals surface area contributed by atoms with Crippen LogP contribution >= 0.6 is 24.0 Å². The van der Waals surface area contributed by atoms with Gasteiger partial charge in [-0.1, -0.05) is 18.2 Å². The Balaban J connectivity index is 0.00000261. The van der Waals surface area contributed by atoms with Crippen molar-refractivity contribution in [1.29, 1.82) is 0 Å². The molecule has 0 saturated carbocycles. The van der Waals surface area contributed by atoms with Crippen molar-refractivity contribution in [3.05, 3.63) is 65.2 Å². The average Bonchev–Trinajstić information content (AvgIpc) is 2.96. The normalized spacial score (nSPS) is 13.2. The number of amides is 1. The van der Waals surface area contributed by atoms with Crippen molar-refractivity contribution in [2.45, 2.75) is 13.0 Å². The summed E-state index contributed by atoms with van der Waals surface area (Å²) in [6.45, 7) is 1.07. The van der Waals surface area contributed by atoms with Gasteiger partial charge in [0, 0.05) is 37.9 Å². The summed E-state index contributed by atoms with van der Waals surface area (Å²) in [5.74, 6) is -0.447. The van der Waals surface area contributed by atoms with Gasteiger partial charge in [-0.15, -0.1) is 24.0 Å². The van der Waals surface area contributed by atoms with Gasteiger partial charge in [-0.2, -0.15) is 0 Å². The van der Waals surface area contributed by atoms with Crippen molar-refractivity contribution < 1.29 is 13.6 Å². The van der Waals surface area contributed by atoms with Crippen LogP contribution in [0.4, 0.5) is 14.5 Å². The molecule has 1 aliphatic heterocycles. The third kappa shape index (κ3) is 5.15. The first-order valence-corrected chi connectivity index (χ1v) is 8.35. The van der Waals surface area contributed by atoms with E-state index in [2.05, 4.69) is 15.6 Å². The van der Waals surface area contributed by atoms with E-state index in [1.807, 2.05) is 24.3 Å². The second-order valence-corrected chi connectivity index (χ2v) is 5.94. The van der Waals surface area contributed by atoms with Crippen LogP contribution in [0.2, 0.25) is 0 Å². The van der Waals surface area contributed by atoms with Crippen molar-refractivity contribution in [3.63, 3.8) is 0 Å². The lowest BCUT2D eigenvalue weighted by atomic mass is 10.2.